The average Bonchev–Trinajstić information content (AvgIpc) is 2.99. The van der Waals surface area contributed by atoms with Crippen LogP contribution < -0.4 is 10.6 Å². The highest BCUT2D eigenvalue weighted by Gasteiger charge is 2.08. The number of aliphatic hydroxyl groups excluding tert-OH is 2. The quantitative estimate of drug-likeness (QED) is 0.559. The van der Waals surface area contributed by atoms with Crippen molar-refractivity contribution >= 4 is 45.9 Å². The molecule has 9 heteroatoms. The molecule has 1 aromatic heterocycles. The summed E-state index contributed by atoms with van der Waals surface area (Å²) in [5, 5.41) is 25.0. The number of halogens is 1. The van der Waals surface area contributed by atoms with E-state index < -0.39 is 18.7 Å². The van der Waals surface area contributed by atoms with Crippen LogP contribution in [0.5, 0.6) is 0 Å². The standard InChI is InChI=1S/C14H16ClN3O3S2/c15-10-3-1-9(2-4-10)8-22-13-5-12(23-18-13)17-14(21)16-6-11(20)7-19/h1-5,11,19-20H,6-8H2,(H2,16,17,21). The Labute approximate surface area is 147 Å². The van der Waals surface area contributed by atoms with Crippen LogP contribution in [0.3, 0.4) is 0 Å². The highest BCUT2D eigenvalue weighted by molar-refractivity contribution is 7.98. The summed E-state index contributed by atoms with van der Waals surface area (Å²) >= 11 is 8.58. The van der Waals surface area contributed by atoms with E-state index in [1.165, 1.54) is 11.5 Å². The van der Waals surface area contributed by atoms with Gasteiger partial charge in [-0.2, -0.15) is 4.37 Å². The second-order valence-electron chi connectivity index (χ2n) is 4.62. The Morgan fingerprint density at radius 1 is 1.39 bits per heavy atom. The van der Waals surface area contributed by atoms with Gasteiger partial charge in [0.2, 0.25) is 0 Å². The van der Waals surface area contributed by atoms with Crippen molar-refractivity contribution in [1.29, 1.82) is 0 Å². The van der Waals surface area contributed by atoms with E-state index in [4.69, 9.17) is 21.8 Å². The van der Waals surface area contributed by atoms with Crippen molar-refractivity contribution in [3.63, 3.8) is 0 Å². The van der Waals surface area contributed by atoms with Gasteiger partial charge in [0.1, 0.15) is 10.0 Å². The maximum atomic E-state index is 11.6. The van der Waals surface area contributed by atoms with Gasteiger partial charge in [0, 0.05) is 23.4 Å². The number of amides is 2. The summed E-state index contributed by atoms with van der Waals surface area (Å²) in [7, 11) is 0. The normalized spacial score (nSPS) is 12.0. The van der Waals surface area contributed by atoms with E-state index in [-0.39, 0.29) is 6.54 Å². The predicted octanol–water partition coefficient (Wildman–Crippen LogP) is 2.56. The fourth-order valence-electron chi connectivity index (χ4n) is 1.55. The molecule has 4 N–H and O–H groups in total. The number of urea groups is 1. The van der Waals surface area contributed by atoms with Crippen LogP contribution in [0.1, 0.15) is 5.56 Å². The molecule has 0 spiro atoms. The van der Waals surface area contributed by atoms with Crippen molar-refractivity contribution in [2.45, 2.75) is 16.9 Å². The van der Waals surface area contributed by atoms with Gasteiger partial charge < -0.3 is 15.5 Å². The Kier molecular flexibility index (Phi) is 7.13. The summed E-state index contributed by atoms with van der Waals surface area (Å²) in [5.41, 5.74) is 1.14. The van der Waals surface area contributed by atoms with Crippen molar-refractivity contribution in [1.82, 2.24) is 9.69 Å². The highest BCUT2D eigenvalue weighted by atomic mass is 35.5. The molecular formula is C14H16ClN3O3S2. The molecule has 1 aromatic carbocycles. The van der Waals surface area contributed by atoms with Crippen molar-refractivity contribution in [3.05, 3.63) is 40.9 Å². The molecular weight excluding hydrogens is 358 g/mol. The molecule has 6 nitrogen and oxygen atoms in total. The number of carbonyl (C=O) groups is 1. The summed E-state index contributed by atoms with van der Waals surface area (Å²) < 4.78 is 4.26. The fourth-order valence-corrected chi connectivity index (χ4v) is 3.33. The third kappa shape index (κ3) is 6.36. The number of aliphatic hydroxyl groups is 2. The smallest absolute Gasteiger partial charge is 0.319 e. The highest BCUT2D eigenvalue weighted by Crippen LogP contribution is 2.27. The Hall–Kier alpha value is -1.32. The van der Waals surface area contributed by atoms with E-state index in [2.05, 4.69) is 15.0 Å². The molecule has 124 valence electrons. The lowest BCUT2D eigenvalue weighted by Gasteiger charge is -2.08. The summed E-state index contributed by atoms with van der Waals surface area (Å²) in [6, 6.07) is 8.94. The van der Waals surface area contributed by atoms with Gasteiger partial charge in [0.15, 0.2) is 0 Å². The zero-order valence-electron chi connectivity index (χ0n) is 12.0. The summed E-state index contributed by atoms with van der Waals surface area (Å²) in [6.07, 6.45) is -0.965. The first-order valence-electron chi connectivity index (χ1n) is 6.74. The molecule has 1 heterocycles. The van der Waals surface area contributed by atoms with Gasteiger partial charge in [-0.25, -0.2) is 4.79 Å². The summed E-state index contributed by atoms with van der Waals surface area (Å²) in [4.78, 5) is 11.6. The molecule has 0 fully saturated rings. The second kappa shape index (κ2) is 9.09. The first-order valence-corrected chi connectivity index (χ1v) is 8.88. The number of hydrogen-bond acceptors (Lipinski definition) is 6. The molecule has 0 bridgehead atoms. The second-order valence-corrected chi connectivity index (χ2v) is 6.85. The molecule has 1 atom stereocenters. The largest absolute Gasteiger partial charge is 0.394 e. The van der Waals surface area contributed by atoms with E-state index in [1.807, 2.05) is 24.3 Å². The molecule has 0 aliphatic rings. The van der Waals surface area contributed by atoms with Crippen molar-refractivity contribution in [2.24, 2.45) is 0 Å². The van der Waals surface area contributed by atoms with E-state index in [1.54, 1.807) is 17.8 Å². The number of carbonyl (C=O) groups excluding carboxylic acids is 1. The van der Waals surface area contributed by atoms with Gasteiger partial charge in [-0.05, 0) is 29.2 Å². The van der Waals surface area contributed by atoms with Crippen molar-refractivity contribution in [3.8, 4) is 0 Å². The molecule has 1 unspecified atom stereocenters. The Bertz CT molecular complexity index is 636. The third-order valence-electron chi connectivity index (χ3n) is 2.73. The zero-order chi connectivity index (χ0) is 16.7. The predicted molar refractivity (Wildman–Crippen MR) is 93.2 cm³/mol. The first-order chi connectivity index (χ1) is 11.1. The Balaban J connectivity index is 1.78. The van der Waals surface area contributed by atoms with E-state index in [9.17, 15) is 4.79 Å². The first kappa shape index (κ1) is 18.0. The monoisotopic (exact) mass is 373 g/mol. The van der Waals surface area contributed by atoms with Gasteiger partial charge in [0.05, 0.1) is 12.7 Å². The minimum Gasteiger partial charge on any atom is -0.394 e. The Morgan fingerprint density at radius 2 is 2.13 bits per heavy atom. The van der Waals surface area contributed by atoms with E-state index in [0.717, 1.165) is 16.3 Å². The lowest BCUT2D eigenvalue weighted by atomic mass is 10.2. The van der Waals surface area contributed by atoms with E-state index >= 15 is 0 Å². The molecule has 0 aliphatic carbocycles. The van der Waals surface area contributed by atoms with Gasteiger partial charge in [-0.15, -0.1) is 11.8 Å². The molecule has 2 rings (SSSR count). The van der Waals surface area contributed by atoms with Crippen LogP contribution >= 0.6 is 34.9 Å². The number of aromatic nitrogens is 1. The Morgan fingerprint density at radius 3 is 2.83 bits per heavy atom. The molecule has 0 saturated carbocycles. The molecule has 23 heavy (non-hydrogen) atoms. The summed E-state index contributed by atoms with van der Waals surface area (Å²) in [6.45, 7) is -0.411. The van der Waals surface area contributed by atoms with Gasteiger partial charge in [0.25, 0.3) is 0 Å². The topological polar surface area (TPSA) is 94.5 Å². The van der Waals surface area contributed by atoms with Crippen molar-refractivity contribution < 1.29 is 15.0 Å². The summed E-state index contributed by atoms with van der Waals surface area (Å²) in [5.74, 6) is 0.759. The van der Waals surface area contributed by atoms with Crippen LogP contribution in [0.4, 0.5) is 9.80 Å². The number of nitrogens with one attached hydrogen (secondary N) is 2. The zero-order valence-corrected chi connectivity index (χ0v) is 14.4. The van der Waals surface area contributed by atoms with Crippen LogP contribution in [-0.4, -0.2) is 39.9 Å². The maximum absolute atomic E-state index is 11.6. The molecule has 0 radical (unpaired) electrons. The van der Waals surface area contributed by atoms with Crippen LogP contribution in [0, 0.1) is 0 Å². The molecule has 2 aromatic rings. The van der Waals surface area contributed by atoms with E-state index in [0.29, 0.717) is 10.0 Å². The lowest BCUT2D eigenvalue weighted by Crippen LogP contribution is -2.36. The number of benzene rings is 1. The minimum atomic E-state index is -0.965. The van der Waals surface area contributed by atoms with Crippen LogP contribution in [0.2, 0.25) is 5.02 Å². The third-order valence-corrected chi connectivity index (χ3v) is 4.79. The number of hydrogen-bond donors (Lipinski definition) is 4. The average molecular weight is 374 g/mol. The number of nitrogens with zero attached hydrogens (tertiary/aromatic N) is 1. The van der Waals surface area contributed by atoms with Crippen LogP contribution in [0.15, 0.2) is 35.4 Å². The van der Waals surface area contributed by atoms with Gasteiger partial charge >= 0.3 is 6.03 Å². The number of thioether (sulfide) groups is 1. The molecule has 0 aliphatic heterocycles. The molecule has 2 amide bonds. The fraction of sp³-hybridized carbons (Fsp3) is 0.286. The minimum absolute atomic E-state index is 0.0146. The van der Waals surface area contributed by atoms with Crippen LogP contribution in [-0.2, 0) is 5.75 Å². The number of anilines is 1. The van der Waals surface area contributed by atoms with Crippen molar-refractivity contribution in [2.75, 3.05) is 18.5 Å². The molecule has 0 saturated heterocycles. The van der Waals surface area contributed by atoms with Gasteiger partial charge in [-0.1, -0.05) is 23.7 Å². The lowest BCUT2D eigenvalue weighted by molar-refractivity contribution is 0.0965. The SMILES string of the molecule is O=C(NCC(O)CO)Nc1cc(SCc2ccc(Cl)cc2)ns1. The maximum Gasteiger partial charge on any atom is 0.319 e. The van der Waals surface area contributed by atoms with Crippen LogP contribution in [0.25, 0.3) is 0 Å². The number of rotatable bonds is 7. The van der Waals surface area contributed by atoms with Gasteiger partial charge in [-0.3, -0.25) is 5.32 Å².